The van der Waals surface area contributed by atoms with Crippen molar-refractivity contribution in [1.82, 2.24) is 9.55 Å². The summed E-state index contributed by atoms with van der Waals surface area (Å²) < 4.78 is 1.62. The fraction of sp³-hybridized carbons (Fsp3) is 0.636. The summed E-state index contributed by atoms with van der Waals surface area (Å²) in [6.45, 7) is 5.86. The summed E-state index contributed by atoms with van der Waals surface area (Å²) in [4.78, 5) is 14.0. The van der Waals surface area contributed by atoms with Crippen molar-refractivity contribution in [2.24, 2.45) is 10.6 Å². The minimum atomic E-state index is -0.519. The van der Waals surface area contributed by atoms with E-state index in [2.05, 4.69) is 10.1 Å². The SMILES string of the molecule is CSCC(C)(C)/C(Cn1cnc([N+](=O)[O-])c1C)=N\O. The molecule has 1 heterocycles. The number of oxime groups is 1. The summed E-state index contributed by atoms with van der Waals surface area (Å²) in [5.41, 5.74) is 0.725. The number of hydrogen-bond donors (Lipinski definition) is 1. The average Bonchev–Trinajstić information content (AvgIpc) is 2.67. The summed E-state index contributed by atoms with van der Waals surface area (Å²) >= 11 is 1.65. The first kappa shape index (κ1) is 15.5. The van der Waals surface area contributed by atoms with Crippen LogP contribution in [0.5, 0.6) is 0 Å². The number of rotatable bonds is 6. The van der Waals surface area contributed by atoms with Gasteiger partial charge in [-0.3, -0.25) is 0 Å². The van der Waals surface area contributed by atoms with E-state index in [9.17, 15) is 10.1 Å². The fourth-order valence-electron chi connectivity index (χ4n) is 1.76. The van der Waals surface area contributed by atoms with Crippen molar-refractivity contribution in [2.45, 2.75) is 27.3 Å². The van der Waals surface area contributed by atoms with Gasteiger partial charge >= 0.3 is 5.82 Å². The van der Waals surface area contributed by atoms with E-state index >= 15 is 0 Å². The lowest BCUT2D eigenvalue weighted by Gasteiger charge is -2.24. The van der Waals surface area contributed by atoms with Crippen molar-refractivity contribution >= 4 is 23.3 Å². The van der Waals surface area contributed by atoms with Crippen LogP contribution in [0.15, 0.2) is 11.5 Å². The third-order valence-corrected chi connectivity index (χ3v) is 3.98. The zero-order valence-electron chi connectivity index (χ0n) is 11.5. The summed E-state index contributed by atoms with van der Waals surface area (Å²) in [5, 5.41) is 23.3. The lowest BCUT2D eigenvalue weighted by atomic mass is 9.89. The average molecular weight is 286 g/mol. The fourth-order valence-corrected chi connectivity index (χ4v) is 2.65. The molecule has 1 aromatic heterocycles. The van der Waals surface area contributed by atoms with Crippen molar-refractivity contribution < 1.29 is 10.1 Å². The third-order valence-electron chi connectivity index (χ3n) is 2.97. The molecule has 1 rings (SSSR count). The van der Waals surface area contributed by atoms with Crippen molar-refractivity contribution in [2.75, 3.05) is 12.0 Å². The van der Waals surface area contributed by atoms with Gasteiger partial charge in [0.1, 0.15) is 5.69 Å². The van der Waals surface area contributed by atoms with Crippen LogP contribution in [-0.4, -0.2) is 37.4 Å². The highest BCUT2D eigenvalue weighted by atomic mass is 32.2. The molecule has 0 amide bonds. The molecule has 0 saturated carbocycles. The second-order valence-corrected chi connectivity index (χ2v) is 5.77. The van der Waals surface area contributed by atoms with E-state index in [0.717, 1.165) is 5.75 Å². The first-order valence-electron chi connectivity index (χ1n) is 5.70. The quantitative estimate of drug-likeness (QED) is 0.375. The number of hydrogen-bond acceptors (Lipinski definition) is 6. The van der Waals surface area contributed by atoms with Gasteiger partial charge in [0.05, 0.1) is 12.3 Å². The van der Waals surface area contributed by atoms with Crippen LogP contribution in [0.2, 0.25) is 0 Å². The minimum absolute atomic E-state index is 0.167. The summed E-state index contributed by atoms with van der Waals surface area (Å²) in [6.07, 6.45) is 3.37. The van der Waals surface area contributed by atoms with E-state index in [-0.39, 0.29) is 17.8 Å². The summed E-state index contributed by atoms with van der Waals surface area (Å²) in [6, 6.07) is 0. The molecule has 0 aliphatic rings. The molecule has 0 spiro atoms. The van der Waals surface area contributed by atoms with Gasteiger partial charge in [0.15, 0.2) is 0 Å². The van der Waals surface area contributed by atoms with E-state index in [1.165, 1.54) is 6.33 Å². The lowest BCUT2D eigenvalue weighted by Crippen LogP contribution is -2.31. The van der Waals surface area contributed by atoms with Crippen LogP contribution in [0, 0.1) is 22.5 Å². The predicted octanol–water partition coefficient (Wildman–Crippen LogP) is 2.32. The molecule has 0 atom stereocenters. The highest BCUT2D eigenvalue weighted by Gasteiger charge is 2.27. The van der Waals surface area contributed by atoms with E-state index in [4.69, 9.17) is 5.21 Å². The van der Waals surface area contributed by atoms with E-state index in [1.54, 1.807) is 23.3 Å². The molecule has 106 valence electrons. The third kappa shape index (κ3) is 3.46. The Bertz CT molecular complexity index is 496. The van der Waals surface area contributed by atoms with Crippen molar-refractivity contribution in [3.63, 3.8) is 0 Å². The maximum absolute atomic E-state index is 10.7. The zero-order valence-corrected chi connectivity index (χ0v) is 12.3. The molecule has 0 unspecified atom stereocenters. The second-order valence-electron chi connectivity index (χ2n) is 4.90. The molecule has 1 N–H and O–H groups in total. The predicted molar refractivity (Wildman–Crippen MR) is 75.0 cm³/mol. The van der Waals surface area contributed by atoms with Gasteiger partial charge in [-0.1, -0.05) is 19.0 Å². The Morgan fingerprint density at radius 2 is 2.32 bits per heavy atom. The molecule has 0 fully saturated rings. The second kappa shape index (κ2) is 6.05. The topological polar surface area (TPSA) is 93.5 Å². The largest absolute Gasteiger partial charge is 0.411 e. The Kier molecular flexibility index (Phi) is 4.93. The lowest BCUT2D eigenvalue weighted by molar-refractivity contribution is -0.389. The molecule has 1 aromatic rings. The molecular formula is C11H18N4O3S. The summed E-state index contributed by atoms with van der Waals surface area (Å²) in [5.74, 6) is 0.627. The Balaban J connectivity index is 2.98. The van der Waals surface area contributed by atoms with Gasteiger partial charge in [-0.25, -0.2) is 0 Å². The highest BCUT2D eigenvalue weighted by Crippen LogP contribution is 2.24. The molecule has 0 bridgehead atoms. The normalized spacial score (nSPS) is 12.7. The molecule has 0 radical (unpaired) electrons. The van der Waals surface area contributed by atoms with Gasteiger partial charge in [-0.15, -0.1) is 0 Å². The molecule has 0 aliphatic carbocycles. The Hall–Kier alpha value is -1.57. The number of nitrogens with zero attached hydrogens (tertiary/aromatic N) is 4. The smallest absolute Gasteiger partial charge is 0.384 e. The maximum atomic E-state index is 10.7. The van der Waals surface area contributed by atoms with Gasteiger partial charge in [0, 0.05) is 11.2 Å². The van der Waals surface area contributed by atoms with E-state index < -0.39 is 4.92 Å². The van der Waals surface area contributed by atoms with Crippen LogP contribution in [0.25, 0.3) is 0 Å². The summed E-state index contributed by atoms with van der Waals surface area (Å²) in [7, 11) is 0. The van der Waals surface area contributed by atoms with Crippen LogP contribution in [-0.2, 0) is 6.54 Å². The van der Waals surface area contributed by atoms with Gasteiger partial charge < -0.3 is 19.9 Å². The zero-order chi connectivity index (χ0) is 14.6. The molecule has 0 aliphatic heterocycles. The maximum Gasteiger partial charge on any atom is 0.384 e. The van der Waals surface area contributed by atoms with Gasteiger partial charge in [0.2, 0.25) is 6.33 Å². The Morgan fingerprint density at radius 1 is 1.68 bits per heavy atom. The number of aromatic nitrogens is 2. The van der Waals surface area contributed by atoms with Gasteiger partial charge in [0.25, 0.3) is 0 Å². The standard InChI is InChI=1S/C11H18N4O3S/c1-8-10(15(17)18)12-7-14(8)5-9(13-16)11(2,3)6-19-4/h7,16H,5-6H2,1-4H3/b13-9-. The van der Waals surface area contributed by atoms with Crippen molar-refractivity contribution in [3.05, 3.63) is 22.1 Å². The molecule has 0 aromatic carbocycles. The van der Waals surface area contributed by atoms with Crippen LogP contribution < -0.4 is 0 Å². The molecule has 19 heavy (non-hydrogen) atoms. The van der Waals surface area contributed by atoms with Crippen molar-refractivity contribution in [3.8, 4) is 0 Å². The molecule has 7 nitrogen and oxygen atoms in total. The highest BCUT2D eigenvalue weighted by molar-refractivity contribution is 7.98. The first-order chi connectivity index (χ1) is 8.83. The Morgan fingerprint density at radius 3 is 2.74 bits per heavy atom. The number of imidazole rings is 1. The van der Waals surface area contributed by atoms with Crippen LogP contribution >= 0.6 is 11.8 Å². The molecular weight excluding hydrogens is 268 g/mol. The number of nitro groups is 1. The molecule has 8 heteroatoms. The van der Waals surface area contributed by atoms with Crippen LogP contribution in [0.3, 0.4) is 0 Å². The van der Waals surface area contributed by atoms with Gasteiger partial charge in [-0.05, 0) is 23.1 Å². The molecule has 0 saturated heterocycles. The van der Waals surface area contributed by atoms with Gasteiger partial charge in [-0.2, -0.15) is 11.8 Å². The van der Waals surface area contributed by atoms with Crippen molar-refractivity contribution in [1.29, 1.82) is 0 Å². The van der Waals surface area contributed by atoms with E-state index in [1.807, 2.05) is 20.1 Å². The van der Waals surface area contributed by atoms with E-state index in [0.29, 0.717) is 11.4 Å². The first-order valence-corrected chi connectivity index (χ1v) is 7.09. The minimum Gasteiger partial charge on any atom is -0.411 e. The monoisotopic (exact) mass is 286 g/mol. The van der Waals surface area contributed by atoms with Crippen LogP contribution in [0.1, 0.15) is 19.5 Å². The van der Waals surface area contributed by atoms with Crippen LogP contribution in [0.4, 0.5) is 5.82 Å². The number of thioether (sulfide) groups is 1. The Labute approximate surface area is 115 Å².